The van der Waals surface area contributed by atoms with Crippen LogP contribution in [0.5, 0.6) is 11.5 Å². The Hall–Kier alpha value is -2.69. The van der Waals surface area contributed by atoms with E-state index in [0.29, 0.717) is 12.5 Å². The Morgan fingerprint density at radius 1 is 1.17 bits per heavy atom. The van der Waals surface area contributed by atoms with Gasteiger partial charge in [-0.15, -0.1) is 0 Å². The molecule has 0 aliphatic carbocycles. The molecule has 2 aromatic rings. The normalized spacial score (nSPS) is 15.7. The quantitative estimate of drug-likeness (QED) is 0.739. The maximum Gasteiger partial charge on any atom is 0.217 e. The Kier molecular flexibility index (Phi) is 7.02. The summed E-state index contributed by atoms with van der Waals surface area (Å²) in [6, 6.07) is 14.8. The number of carbonyl (C=O) groups excluding carboxylic acids is 1. The number of anilines is 1. The van der Waals surface area contributed by atoms with Crippen LogP contribution >= 0.6 is 0 Å². The van der Waals surface area contributed by atoms with Gasteiger partial charge in [-0.1, -0.05) is 24.3 Å². The largest absolute Gasteiger partial charge is 0.494 e. The third-order valence-electron chi connectivity index (χ3n) is 5.63. The van der Waals surface area contributed by atoms with E-state index in [0.717, 1.165) is 48.7 Å². The maximum atomic E-state index is 11.3. The summed E-state index contributed by atoms with van der Waals surface area (Å²) < 4.78 is 11.2. The van der Waals surface area contributed by atoms with Gasteiger partial charge in [-0.2, -0.15) is 0 Å². The minimum Gasteiger partial charge on any atom is -0.494 e. The van der Waals surface area contributed by atoms with Crippen LogP contribution in [-0.4, -0.2) is 32.7 Å². The van der Waals surface area contributed by atoms with Crippen molar-refractivity contribution in [3.8, 4) is 11.5 Å². The van der Waals surface area contributed by atoms with Crippen molar-refractivity contribution >= 4 is 11.6 Å². The molecule has 1 atom stereocenters. The number of hydrogen-bond acceptors (Lipinski definition) is 4. The predicted octanol–water partition coefficient (Wildman–Crippen LogP) is 4.68. The number of rotatable bonds is 7. The Morgan fingerprint density at radius 3 is 2.45 bits per heavy atom. The lowest BCUT2D eigenvalue weighted by atomic mass is 9.88. The summed E-state index contributed by atoms with van der Waals surface area (Å²) in [5.41, 5.74) is 3.65. The average molecular weight is 397 g/mol. The molecule has 1 aliphatic heterocycles. The molecule has 0 bridgehead atoms. The van der Waals surface area contributed by atoms with E-state index in [-0.39, 0.29) is 11.9 Å². The van der Waals surface area contributed by atoms with Gasteiger partial charge in [0, 0.05) is 26.1 Å². The number of amides is 1. The van der Waals surface area contributed by atoms with Crippen molar-refractivity contribution in [1.29, 1.82) is 0 Å². The second kappa shape index (κ2) is 9.68. The minimum atomic E-state index is -0.00124. The van der Waals surface area contributed by atoms with Gasteiger partial charge >= 0.3 is 0 Å². The van der Waals surface area contributed by atoms with Crippen LogP contribution in [0.3, 0.4) is 0 Å². The van der Waals surface area contributed by atoms with Crippen molar-refractivity contribution in [1.82, 2.24) is 5.32 Å². The summed E-state index contributed by atoms with van der Waals surface area (Å²) in [5.74, 6) is 2.27. The van der Waals surface area contributed by atoms with E-state index < -0.39 is 0 Å². The molecule has 0 radical (unpaired) electrons. The first-order valence-electron chi connectivity index (χ1n) is 10.4. The molecule has 1 fully saturated rings. The highest BCUT2D eigenvalue weighted by molar-refractivity contribution is 5.73. The number of carbonyl (C=O) groups is 1. The standard InChI is InChI=1S/C24H32N2O3/c1-5-29-22-10-11-23(24(16-22)28-4)26-14-12-21(13-15-26)20-8-6-19(7-9-20)17(2)25-18(3)27/h6-11,16-17,21H,5,12-15H2,1-4H3,(H,25,27)/t17-/m0/s1. The number of ether oxygens (including phenoxy) is 2. The fourth-order valence-corrected chi connectivity index (χ4v) is 4.07. The first-order chi connectivity index (χ1) is 14.0. The molecule has 5 nitrogen and oxygen atoms in total. The van der Waals surface area contributed by atoms with Gasteiger partial charge in [-0.25, -0.2) is 0 Å². The smallest absolute Gasteiger partial charge is 0.217 e. The van der Waals surface area contributed by atoms with E-state index in [2.05, 4.69) is 40.5 Å². The van der Waals surface area contributed by atoms with E-state index in [1.807, 2.05) is 26.0 Å². The maximum absolute atomic E-state index is 11.3. The highest BCUT2D eigenvalue weighted by atomic mass is 16.5. The van der Waals surface area contributed by atoms with Crippen molar-refractivity contribution in [2.75, 3.05) is 31.7 Å². The van der Waals surface area contributed by atoms with Gasteiger partial charge in [-0.3, -0.25) is 4.79 Å². The molecule has 1 saturated heterocycles. The molecule has 1 amide bonds. The third kappa shape index (κ3) is 5.22. The van der Waals surface area contributed by atoms with Gasteiger partial charge in [0.1, 0.15) is 11.5 Å². The number of piperidine rings is 1. The third-order valence-corrected chi connectivity index (χ3v) is 5.63. The molecular formula is C24H32N2O3. The number of benzene rings is 2. The van der Waals surface area contributed by atoms with Crippen molar-refractivity contribution in [3.05, 3.63) is 53.6 Å². The molecule has 156 valence electrons. The molecular weight excluding hydrogens is 364 g/mol. The molecule has 1 aliphatic rings. The van der Waals surface area contributed by atoms with E-state index in [1.54, 1.807) is 14.0 Å². The van der Waals surface area contributed by atoms with Crippen molar-refractivity contribution in [2.24, 2.45) is 0 Å². The summed E-state index contributed by atoms with van der Waals surface area (Å²) in [5, 5.41) is 2.94. The second-order valence-electron chi connectivity index (χ2n) is 7.62. The topological polar surface area (TPSA) is 50.8 Å². The molecule has 0 aromatic heterocycles. The van der Waals surface area contributed by atoms with Crippen LogP contribution < -0.4 is 19.7 Å². The van der Waals surface area contributed by atoms with Crippen LogP contribution in [0.1, 0.15) is 56.7 Å². The molecule has 0 unspecified atom stereocenters. The lowest BCUT2D eigenvalue weighted by Crippen LogP contribution is -2.33. The molecule has 0 spiro atoms. The summed E-state index contributed by atoms with van der Waals surface area (Å²) in [4.78, 5) is 13.7. The van der Waals surface area contributed by atoms with E-state index in [1.165, 1.54) is 5.56 Å². The van der Waals surface area contributed by atoms with E-state index >= 15 is 0 Å². The van der Waals surface area contributed by atoms with Crippen LogP contribution in [0, 0.1) is 0 Å². The van der Waals surface area contributed by atoms with Gasteiger partial charge in [-0.05, 0) is 55.9 Å². The van der Waals surface area contributed by atoms with Gasteiger partial charge in [0.2, 0.25) is 5.91 Å². The minimum absolute atomic E-state index is 0.00124. The van der Waals surface area contributed by atoms with Gasteiger partial charge < -0.3 is 19.7 Å². The van der Waals surface area contributed by atoms with Gasteiger partial charge in [0.15, 0.2) is 0 Å². The molecule has 3 rings (SSSR count). The molecule has 1 heterocycles. The number of nitrogens with one attached hydrogen (secondary N) is 1. The number of hydrogen-bond donors (Lipinski definition) is 1. The van der Waals surface area contributed by atoms with Crippen LogP contribution in [-0.2, 0) is 4.79 Å². The van der Waals surface area contributed by atoms with Crippen molar-refractivity contribution in [3.63, 3.8) is 0 Å². The summed E-state index contributed by atoms with van der Waals surface area (Å²) in [6.45, 7) is 8.20. The molecule has 5 heteroatoms. The van der Waals surface area contributed by atoms with Gasteiger partial charge in [0.25, 0.3) is 0 Å². The average Bonchev–Trinajstić information content (AvgIpc) is 2.74. The first kappa shape index (κ1) is 21.0. The van der Waals surface area contributed by atoms with Crippen LogP contribution in [0.4, 0.5) is 5.69 Å². The first-order valence-corrected chi connectivity index (χ1v) is 10.4. The summed E-state index contributed by atoms with van der Waals surface area (Å²) >= 11 is 0. The molecule has 29 heavy (non-hydrogen) atoms. The highest BCUT2D eigenvalue weighted by Crippen LogP contribution is 2.37. The Bertz CT molecular complexity index is 811. The number of methoxy groups -OCH3 is 1. The lowest BCUT2D eigenvalue weighted by Gasteiger charge is -2.34. The lowest BCUT2D eigenvalue weighted by molar-refractivity contribution is -0.119. The van der Waals surface area contributed by atoms with E-state index in [9.17, 15) is 4.79 Å². The van der Waals surface area contributed by atoms with Crippen molar-refractivity contribution < 1.29 is 14.3 Å². The Morgan fingerprint density at radius 2 is 1.86 bits per heavy atom. The second-order valence-corrected chi connectivity index (χ2v) is 7.62. The predicted molar refractivity (Wildman–Crippen MR) is 117 cm³/mol. The van der Waals surface area contributed by atoms with Crippen LogP contribution in [0.15, 0.2) is 42.5 Å². The zero-order valence-electron chi connectivity index (χ0n) is 17.9. The van der Waals surface area contributed by atoms with Crippen LogP contribution in [0.25, 0.3) is 0 Å². The highest BCUT2D eigenvalue weighted by Gasteiger charge is 2.23. The molecule has 2 aromatic carbocycles. The van der Waals surface area contributed by atoms with Crippen LogP contribution in [0.2, 0.25) is 0 Å². The monoisotopic (exact) mass is 396 g/mol. The Balaban J connectivity index is 1.62. The number of nitrogens with zero attached hydrogens (tertiary/aromatic N) is 1. The SMILES string of the molecule is CCOc1ccc(N2CCC(c3ccc([C@H](C)NC(C)=O)cc3)CC2)c(OC)c1. The van der Waals surface area contributed by atoms with E-state index in [4.69, 9.17) is 9.47 Å². The molecule has 0 saturated carbocycles. The van der Waals surface area contributed by atoms with Gasteiger partial charge in [0.05, 0.1) is 25.4 Å². The zero-order chi connectivity index (χ0) is 20.8. The fraction of sp³-hybridized carbons (Fsp3) is 0.458. The molecule has 1 N–H and O–H groups in total. The fourth-order valence-electron chi connectivity index (χ4n) is 4.07. The van der Waals surface area contributed by atoms with Crippen molar-refractivity contribution in [2.45, 2.75) is 45.6 Å². The summed E-state index contributed by atoms with van der Waals surface area (Å²) in [6.07, 6.45) is 2.22. The zero-order valence-corrected chi connectivity index (χ0v) is 17.9. The Labute approximate surface area is 174 Å². The summed E-state index contributed by atoms with van der Waals surface area (Å²) in [7, 11) is 1.71.